The Bertz CT molecular complexity index is 1190. The number of halogens is 3. The van der Waals surface area contributed by atoms with Crippen LogP contribution >= 0.6 is 0 Å². The zero-order valence-electron chi connectivity index (χ0n) is 19.5. The quantitative estimate of drug-likeness (QED) is 0.376. The smallest absolute Gasteiger partial charge is 0.201 e. The molecule has 7 heteroatoms. The third-order valence-electron chi connectivity index (χ3n) is 6.05. The van der Waals surface area contributed by atoms with E-state index in [9.17, 15) is 18.3 Å². The third-order valence-corrected chi connectivity index (χ3v) is 6.05. The van der Waals surface area contributed by atoms with Gasteiger partial charge in [-0.05, 0) is 48.2 Å². The lowest BCUT2D eigenvalue weighted by molar-refractivity contribution is -0.219. The zero-order valence-corrected chi connectivity index (χ0v) is 19.5. The first-order valence-corrected chi connectivity index (χ1v) is 11.5. The Balaban J connectivity index is 1.49. The molecule has 1 N–H and O–H groups in total. The van der Waals surface area contributed by atoms with Crippen LogP contribution in [-0.4, -0.2) is 24.4 Å². The van der Waals surface area contributed by atoms with Crippen LogP contribution in [0.1, 0.15) is 32.1 Å². The van der Waals surface area contributed by atoms with Crippen molar-refractivity contribution in [3.05, 3.63) is 90.0 Å². The van der Waals surface area contributed by atoms with Gasteiger partial charge in [0.1, 0.15) is 5.82 Å². The minimum Gasteiger partial charge on any atom is -0.462 e. The Hall–Kier alpha value is -3.13. The van der Waals surface area contributed by atoms with Crippen molar-refractivity contribution >= 4 is 0 Å². The van der Waals surface area contributed by atoms with Gasteiger partial charge in [-0.15, -0.1) is 0 Å². The number of aliphatic hydroxyl groups is 1. The minimum absolute atomic E-state index is 0.0986. The highest BCUT2D eigenvalue weighted by Crippen LogP contribution is 2.34. The van der Waals surface area contributed by atoms with Crippen molar-refractivity contribution in [2.24, 2.45) is 5.92 Å². The minimum atomic E-state index is -1.06. The van der Waals surface area contributed by atoms with Gasteiger partial charge >= 0.3 is 0 Å². The normalized spacial score (nSPS) is 19.1. The molecule has 1 fully saturated rings. The number of benzene rings is 3. The van der Waals surface area contributed by atoms with Crippen LogP contribution in [-0.2, 0) is 9.47 Å². The fourth-order valence-electron chi connectivity index (χ4n) is 3.98. The molecule has 0 radical (unpaired) electrons. The van der Waals surface area contributed by atoms with Crippen molar-refractivity contribution in [3.8, 4) is 28.0 Å². The van der Waals surface area contributed by atoms with Crippen LogP contribution in [0, 0.1) is 23.4 Å². The molecule has 1 unspecified atom stereocenters. The molecule has 4 rings (SSSR count). The molecule has 4 nitrogen and oxygen atoms in total. The fourth-order valence-corrected chi connectivity index (χ4v) is 3.98. The average molecular weight is 485 g/mol. The molecule has 1 aliphatic heterocycles. The first-order valence-electron chi connectivity index (χ1n) is 11.5. The van der Waals surface area contributed by atoms with E-state index in [1.54, 1.807) is 49.4 Å². The summed E-state index contributed by atoms with van der Waals surface area (Å²) in [6, 6.07) is 14.3. The van der Waals surface area contributed by atoms with E-state index in [4.69, 9.17) is 14.2 Å². The number of rotatable bonds is 7. The van der Waals surface area contributed by atoms with Gasteiger partial charge in [0.05, 0.1) is 25.6 Å². The summed E-state index contributed by atoms with van der Waals surface area (Å²) in [5.74, 6) is -2.87. The highest BCUT2D eigenvalue weighted by molar-refractivity contribution is 5.71. The number of aliphatic hydroxyl groups excluding tert-OH is 1. The Morgan fingerprint density at radius 2 is 1.60 bits per heavy atom. The van der Waals surface area contributed by atoms with Gasteiger partial charge in [-0.25, -0.2) is 8.78 Å². The molecular weight excluding hydrogens is 457 g/mol. The summed E-state index contributed by atoms with van der Waals surface area (Å²) in [6.07, 6.45) is 2.10. The lowest BCUT2D eigenvalue weighted by Crippen LogP contribution is -2.35. The molecule has 3 aromatic rings. The van der Waals surface area contributed by atoms with E-state index in [-0.39, 0.29) is 22.8 Å². The molecule has 1 atom stereocenters. The first-order chi connectivity index (χ1) is 16.9. The maximum atomic E-state index is 14.9. The van der Waals surface area contributed by atoms with Crippen molar-refractivity contribution in [2.45, 2.75) is 32.7 Å². The van der Waals surface area contributed by atoms with Gasteiger partial charge < -0.3 is 19.3 Å². The van der Waals surface area contributed by atoms with E-state index < -0.39 is 29.8 Å². The Labute approximate surface area is 202 Å². The largest absolute Gasteiger partial charge is 0.462 e. The third kappa shape index (κ3) is 5.42. The van der Waals surface area contributed by atoms with E-state index in [2.05, 4.69) is 0 Å². The highest BCUT2D eigenvalue weighted by Gasteiger charge is 2.29. The second-order valence-electron chi connectivity index (χ2n) is 8.37. The maximum absolute atomic E-state index is 14.9. The molecule has 1 heterocycles. The highest BCUT2D eigenvalue weighted by atomic mass is 19.2. The topological polar surface area (TPSA) is 47.9 Å². The van der Waals surface area contributed by atoms with Crippen molar-refractivity contribution in [3.63, 3.8) is 0 Å². The van der Waals surface area contributed by atoms with Crippen LogP contribution in [0.15, 0.2) is 66.9 Å². The van der Waals surface area contributed by atoms with E-state index in [0.29, 0.717) is 36.3 Å². The molecule has 1 aliphatic rings. The lowest BCUT2D eigenvalue weighted by atomic mass is 9.98. The van der Waals surface area contributed by atoms with E-state index in [0.717, 1.165) is 0 Å². The van der Waals surface area contributed by atoms with Gasteiger partial charge in [0.2, 0.25) is 5.82 Å². The molecule has 0 amide bonds. The monoisotopic (exact) mass is 484 g/mol. The summed E-state index contributed by atoms with van der Waals surface area (Å²) in [7, 11) is 0. The lowest BCUT2D eigenvalue weighted by Gasteiger charge is -2.32. The second-order valence-corrected chi connectivity index (χ2v) is 8.37. The molecule has 0 bridgehead atoms. The first kappa shape index (κ1) is 25.0. The van der Waals surface area contributed by atoms with Gasteiger partial charge in [-0.1, -0.05) is 49.4 Å². The predicted molar refractivity (Wildman–Crippen MR) is 127 cm³/mol. The van der Waals surface area contributed by atoms with E-state index >= 15 is 0 Å². The summed E-state index contributed by atoms with van der Waals surface area (Å²) < 4.78 is 60.2. The van der Waals surface area contributed by atoms with Crippen LogP contribution in [0.5, 0.6) is 5.75 Å². The van der Waals surface area contributed by atoms with Crippen molar-refractivity contribution < 1.29 is 32.5 Å². The Kier molecular flexibility index (Phi) is 7.90. The molecule has 3 aromatic carbocycles. The van der Waals surface area contributed by atoms with Crippen molar-refractivity contribution in [1.29, 1.82) is 0 Å². The molecule has 0 saturated carbocycles. The standard InChI is InChI=1S/C28H27F3O4/c1-3-13-33-25-12-11-21(26(30)27(25)31)18-7-5-17(6-8-18)19-9-10-22(23(29)14-19)28-34-15-20(16-35-28)24(32)4-2/h3,5-14,20,24,28,32H,4,15-16H2,1-2H3/b13-3-. The van der Waals surface area contributed by atoms with E-state index in [1.165, 1.54) is 24.5 Å². The van der Waals surface area contributed by atoms with Crippen molar-refractivity contribution in [2.75, 3.05) is 13.2 Å². The van der Waals surface area contributed by atoms with Crippen LogP contribution in [0.25, 0.3) is 22.3 Å². The van der Waals surface area contributed by atoms with Gasteiger partial charge in [-0.2, -0.15) is 4.39 Å². The van der Waals surface area contributed by atoms with Crippen LogP contribution in [0.3, 0.4) is 0 Å². The summed E-state index contributed by atoms with van der Waals surface area (Å²) >= 11 is 0. The molecule has 1 saturated heterocycles. The van der Waals surface area contributed by atoms with Crippen LogP contribution in [0.2, 0.25) is 0 Å². The summed E-state index contributed by atoms with van der Waals surface area (Å²) in [6.45, 7) is 4.17. The molecule has 0 aromatic heterocycles. The Morgan fingerprint density at radius 1 is 0.943 bits per heavy atom. The Morgan fingerprint density at radius 3 is 2.23 bits per heavy atom. The van der Waals surface area contributed by atoms with Crippen LogP contribution in [0.4, 0.5) is 13.2 Å². The number of allylic oxidation sites excluding steroid dienone is 1. The maximum Gasteiger partial charge on any atom is 0.201 e. The predicted octanol–water partition coefficient (Wildman–Crippen LogP) is 6.78. The fraction of sp³-hybridized carbons (Fsp3) is 0.286. The van der Waals surface area contributed by atoms with Gasteiger partial charge in [0, 0.05) is 17.0 Å². The molecule has 0 aliphatic carbocycles. The number of ether oxygens (including phenoxy) is 3. The average Bonchev–Trinajstić information content (AvgIpc) is 2.89. The van der Waals surface area contributed by atoms with Crippen molar-refractivity contribution in [1.82, 2.24) is 0 Å². The molecule has 35 heavy (non-hydrogen) atoms. The number of hydrogen-bond acceptors (Lipinski definition) is 4. The molecular formula is C28H27F3O4. The molecule has 184 valence electrons. The number of hydrogen-bond donors (Lipinski definition) is 1. The van der Waals surface area contributed by atoms with Gasteiger partial charge in [0.15, 0.2) is 17.9 Å². The van der Waals surface area contributed by atoms with Gasteiger partial charge in [0.25, 0.3) is 0 Å². The van der Waals surface area contributed by atoms with Crippen LogP contribution < -0.4 is 4.74 Å². The summed E-state index contributed by atoms with van der Waals surface area (Å²) in [4.78, 5) is 0. The summed E-state index contributed by atoms with van der Waals surface area (Å²) in [5, 5.41) is 9.94. The SMILES string of the molecule is C/C=C\Oc1ccc(-c2ccc(-c3ccc(C4OCC(C(O)CC)CO4)c(F)c3)cc2)c(F)c1F. The zero-order chi connectivity index (χ0) is 24.9. The molecule has 0 spiro atoms. The van der Waals surface area contributed by atoms with E-state index in [1.807, 2.05) is 6.92 Å². The van der Waals surface area contributed by atoms with Gasteiger partial charge in [-0.3, -0.25) is 0 Å². The second kappa shape index (κ2) is 11.1. The summed E-state index contributed by atoms with van der Waals surface area (Å²) in [5.41, 5.74) is 2.20.